The second kappa shape index (κ2) is 5.32. The van der Waals surface area contributed by atoms with Crippen LogP contribution in [-0.4, -0.2) is 27.1 Å². The highest BCUT2D eigenvalue weighted by Crippen LogP contribution is 2.38. The summed E-state index contributed by atoms with van der Waals surface area (Å²) in [5.74, 6) is -1.52. The number of nitrogens with one attached hydrogen (secondary N) is 1. The lowest BCUT2D eigenvalue weighted by molar-refractivity contribution is 0.0924. The highest BCUT2D eigenvalue weighted by atomic mass is 16.3. The minimum atomic E-state index is -0.534. The number of imide groups is 1. The lowest BCUT2D eigenvalue weighted by Gasteiger charge is -2.10. The number of hydrogen-bond donors (Lipinski definition) is 2. The zero-order chi connectivity index (χ0) is 17.6. The van der Waals surface area contributed by atoms with Crippen LogP contribution in [0.4, 0.5) is 5.82 Å². The molecule has 4 rings (SSSR count). The normalized spacial score (nSPS) is 13.0. The average molecular weight is 330 g/mol. The van der Waals surface area contributed by atoms with E-state index < -0.39 is 11.8 Å². The number of rotatable bonds is 2. The fourth-order valence-corrected chi connectivity index (χ4v) is 2.78. The van der Waals surface area contributed by atoms with Gasteiger partial charge in [0.2, 0.25) is 5.82 Å². The first-order valence-corrected chi connectivity index (χ1v) is 7.37. The third kappa shape index (κ3) is 2.09. The number of nitrogens with zero attached hydrogens (tertiary/aromatic N) is 3. The van der Waals surface area contributed by atoms with Crippen molar-refractivity contribution in [1.82, 2.24) is 10.2 Å². The average Bonchev–Trinajstić information content (AvgIpc) is 3.13. The third-order valence-electron chi connectivity index (χ3n) is 4.03. The van der Waals surface area contributed by atoms with Gasteiger partial charge in [0, 0.05) is 5.56 Å². The lowest BCUT2D eigenvalue weighted by atomic mass is 10.1. The number of aromatic amines is 1. The first-order chi connectivity index (χ1) is 12.1. The maximum atomic E-state index is 12.5. The number of benzene rings is 2. The molecule has 7 nitrogen and oxygen atoms in total. The van der Waals surface area contributed by atoms with E-state index in [0.29, 0.717) is 11.1 Å². The molecule has 0 aliphatic carbocycles. The second-order valence-electron chi connectivity index (χ2n) is 5.45. The summed E-state index contributed by atoms with van der Waals surface area (Å²) in [5.41, 5.74) is 1.86. The quantitative estimate of drug-likeness (QED) is 0.701. The first kappa shape index (κ1) is 14.7. The summed E-state index contributed by atoms with van der Waals surface area (Å²) in [5, 5.41) is 25.9. The number of hydrogen-bond acceptors (Lipinski definition) is 5. The predicted molar refractivity (Wildman–Crippen MR) is 88.0 cm³/mol. The van der Waals surface area contributed by atoms with Gasteiger partial charge in [0.15, 0.2) is 5.75 Å². The van der Waals surface area contributed by atoms with Crippen LogP contribution in [0.25, 0.3) is 11.3 Å². The summed E-state index contributed by atoms with van der Waals surface area (Å²) < 4.78 is 0. The maximum Gasteiger partial charge on any atom is 0.267 e. The number of carbonyl (C=O) groups excluding carboxylic acids is 2. The molecule has 0 fully saturated rings. The van der Waals surface area contributed by atoms with Crippen LogP contribution in [0.1, 0.15) is 26.3 Å². The van der Waals surface area contributed by atoms with Gasteiger partial charge in [0.25, 0.3) is 11.8 Å². The molecule has 0 radical (unpaired) electrons. The molecule has 2 N–H and O–H groups in total. The Bertz CT molecular complexity index is 1030. The zero-order valence-electron chi connectivity index (χ0n) is 12.7. The van der Waals surface area contributed by atoms with Crippen LogP contribution in [-0.2, 0) is 0 Å². The van der Waals surface area contributed by atoms with Gasteiger partial charge >= 0.3 is 0 Å². The number of aromatic nitrogens is 2. The van der Waals surface area contributed by atoms with Gasteiger partial charge in [-0.3, -0.25) is 14.7 Å². The standard InChI is InChI=1S/C18H10N4O3/c19-9-10-5-7-11(8-6-10)14-15(23)16(21-20-14)22-17(24)12-3-1-2-4-13(12)18(22)25/h1-8,23H,(H,20,21). The van der Waals surface area contributed by atoms with E-state index in [4.69, 9.17) is 5.26 Å². The van der Waals surface area contributed by atoms with E-state index in [2.05, 4.69) is 10.2 Å². The Morgan fingerprint density at radius 3 is 2.16 bits per heavy atom. The highest BCUT2D eigenvalue weighted by Gasteiger charge is 2.39. The molecular weight excluding hydrogens is 320 g/mol. The monoisotopic (exact) mass is 330 g/mol. The Kier molecular flexibility index (Phi) is 3.12. The van der Waals surface area contributed by atoms with E-state index in [9.17, 15) is 14.7 Å². The van der Waals surface area contributed by atoms with Crippen molar-refractivity contribution in [2.45, 2.75) is 0 Å². The zero-order valence-corrected chi connectivity index (χ0v) is 12.7. The molecule has 25 heavy (non-hydrogen) atoms. The van der Waals surface area contributed by atoms with E-state index in [1.165, 1.54) is 0 Å². The van der Waals surface area contributed by atoms with Crippen LogP contribution in [0.15, 0.2) is 48.5 Å². The van der Waals surface area contributed by atoms with Crippen LogP contribution >= 0.6 is 0 Å². The summed E-state index contributed by atoms with van der Waals surface area (Å²) in [6, 6.07) is 14.9. The van der Waals surface area contributed by atoms with Crippen molar-refractivity contribution in [3.05, 3.63) is 65.2 Å². The lowest BCUT2D eigenvalue weighted by Crippen LogP contribution is -2.29. The number of anilines is 1. The minimum Gasteiger partial charge on any atom is -0.503 e. The summed E-state index contributed by atoms with van der Waals surface area (Å²) in [4.78, 5) is 25.8. The van der Waals surface area contributed by atoms with E-state index in [0.717, 1.165) is 4.90 Å². The van der Waals surface area contributed by atoms with Crippen molar-refractivity contribution >= 4 is 17.6 Å². The summed E-state index contributed by atoms with van der Waals surface area (Å²) in [7, 11) is 0. The number of nitriles is 1. The Balaban J connectivity index is 1.76. The molecule has 0 unspecified atom stereocenters. The van der Waals surface area contributed by atoms with Gasteiger partial charge in [-0.1, -0.05) is 24.3 Å². The molecule has 0 bridgehead atoms. The molecule has 2 heterocycles. The van der Waals surface area contributed by atoms with Crippen molar-refractivity contribution in [2.75, 3.05) is 4.90 Å². The summed E-state index contributed by atoms with van der Waals surface area (Å²) >= 11 is 0. The van der Waals surface area contributed by atoms with Gasteiger partial charge in [-0.25, -0.2) is 4.90 Å². The molecule has 1 aromatic heterocycles. The van der Waals surface area contributed by atoms with Crippen molar-refractivity contribution < 1.29 is 14.7 Å². The van der Waals surface area contributed by atoms with Crippen LogP contribution in [0.3, 0.4) is 0 Å². The predicted octanol–water partition coefficient (Wildman–Crippen LogP) is 2.45. The molecule has 2 aromatic carbocycles. The Hall–Kier alpha value is -3.92. The van der Waals surface area contributed by atoms with E-state index in [1.54, 1.807) is 48.5 Å². The first-order valence-electron chi connectivity index (χ1n) is 7.37. The van der Waals surface area contributed by atoms with Crippen LogP contribution in [0.5, 0.6) is 5.75 Å². The van der Waals surface area contributed by atoms with E-state index in [1.807, 2.05) is 6.07 Å². The summed E-state index contributed by atoms with van der Waals surface area (Å²) in [6.45, 7) is 0. The maximum absolute atomic E-state index is 12.5. The van der Waals surface area contributed by atoms with Gasteiger partial charge < -0.3 is 5.11 Å². The number of amides is 2. The molecule has 0 atom stereocenters. The van der Waals surface area contributed by atoms with Crippen LogP contribution in [0, 0.1) is 11.3 Å². The minimum absolute atomic E-state index is 0.148. The molecule has 2 amide bonds. The topological polar surface area (TPSA) is 110 Å². The summed E-state index contributed by atoms with van der Waals surface area (Å²) in [6.07, 6.45) is 0. The van der Waals surface area contributed by atoms with E-state index >= 15 is 0 Å². The molecule has 0 spiro atoms. The van der Waals surface area contributed by atoms with E-state index in [-0.39, 0.29) is 28.4 Å². The molecule has 7 heteroatoms. The van der Waals surface area contributed by atoms with Gasteiger partial charge in [-0.05, 0) is 24.3 Å². The Morgan fingerprint density at radius 2 is 1.60 bits per heavy atom. The third-order valence-corrected chi connectivity index (χ3v) is 4.03. The van der Waals surface area contributed by atoms with Crippen molar-refractivity contribution in [3.8, 4) is 23.1 Å². The molecule has 1 aliphatic rings. The smallest absolute Gasteiger partial charge is 0.267 e. The largest absolute Gasteiger partial charge is 0.503 e. The molecular formula is C18H10N4O3. The van der Waals surface area contributed by atoms with Crippen molar-refractivity contribution in [3.63, 3.8) is 0 Å². The molecule has 120 valence electrons. The van der Waals surface area contributed by atoms with Gasteiger partial charge in [0.1, 0.15) is 5.69 Å². The van der Waals surface area contributed by atoms with Crippen LogP contribution in [0.2, 0.25) is 0 Å². The molecule has 3 aromatic rings. The Labute approximate surface area is 141 Å². The van der Waals surface area contributed by atoms with Gasteiger partial charge in [0.05, 0.1) is 22.8 Å². The number of fused-ring (bicyclic) bond motifs is 1. The fraction of sp³-hybridized carbons (Fsp3) is 0. The van der Waals surface area contributed by atoms with Crippen molar-refractivity contribution in [2.24, 2.45) is 0 Å². The highest BCUT2D eigenvalue weighted by molar-refractivity contribution is 6.34. The van der Waals surface area contributed by atoms with Crippen LogP contribution < -0.4 is 4.90 Å². The van der Waals surface area contributed by atoms with Gasteiger partial charge in [-0.2, -0.15) is 10.4 Å². The second-order valence-corrected chi connectivity index (χ2v) is 5.45. The number of carbonyl (C=O) groups is 2. The SMILES string of the molecule is N#Cc1ccc(-c2[nH]nc(N3C(=O)c4ccccc4C3=O)c2O)cc1. The molecule has 0 saturated heterocycles. The number of aromatic hydroxyl groups is 1. The number of H-pyrrole nitrogens is 1. The fourth-order valence-electron chi connectivity index (χ4n) is 2.78. The Morgan fingerprint density at radius 1 is 1.00 bits per heavy atom. The van der Waals surface area contributed by atoms with Crippen molar-refractivity contribution in [1.29, 1.82) is 5.26 Å². The van der Waals surface area contributed by atoms with Gasteiger partial charge in [-0.15, -0.1) is 0 Å². The molecule has 1 aliphatic heterocycles. The molecule has 0 saturated carbocycles.